The third-order valence-electron chi connectivity index (χ3n) is 5.64. The Hall–Kier alpha value is -3.02. The molecule has 1 unspecified atom stereocenters. The van der Waals surface area contributed by atoms with Crippen LogP contribution in [0, 0.1) is 0 Å². The number of alkyl halides is 6. The lowest BCUT2D eigenvalue weighted by Crippen LogP contribution is -2.40. The maximum absolute atomic E-state index is 13.5. The average molecular weight is 522 g/mol. The fraction of sp³-hybridized carbons (Fsp3) is 0.409. The number of nitrogens with one attached hydrogen (secondary N) is 1. The zero-order valence-corrected chi connectivity index (χ0v) is 19.9. The number of allylic oxidation sites excluding steroid dienone is 2. The van der Waals surface area contributed by atoms with Crippen molar-refractivity contribution >= 4 is 23.2 Å². The standard InChI is InChI=1S/C22H22ClF6N5O/c1-5-11-7-14(16-9-17(22(27,28)29)32-34(16)4)30-10-15(11)31-20(35)19-18(23)13(21(24,25)26)8-12(6-2)33(19)3/h7-10,12H,5-6H2,1-4H3,(H,31,35). The summed E-state index contributed by atoms with van der Waals surface area (Å²) in [4.78, 5) is 18.6. The lowest BCUT2D eigenvalue weighted by molar-refractivity contribution is -0.141. The number of amides is 1. The van der Waals surface area contributed by atoms with Crippen molar-refractivity contribution in [2.24, 2.45) is 7.05 Å². The van der Waals surface area contributed by atoms with E-state index in [0.717, 1.165) is 16.8 Å². The highest BCUT2D eigenvalue weighted by Gasteiger charge is 2.42. The number of rotatable bonds is 5. The molecule has 1 amide bonds. The molecule has 1 aliphatic heterocycles. The van der Waals surface area contributed by atoms with Crippen LogP contribution in [0.25, 0.3) is 11.4 Å². The first kappa shape index (κ1) is 26.6. The average Bonchev–Trinajstić information content (AvgIpc) is 3.15. The van der Waals surface area contributed by atoms with E-state index in [-0.39, 0.29) is 22.8 Å². The monoisotopic (exact) mass is 521 g/mol. The van der Waals surface area contributed by atoms with Crippen LogP contribution in [0.4, 0.5) is 32.0 Å². The largest absolute Gasteiger partial charge is 0.435 e. The number of hydrogen-bond acceptors (Lipinski definition) is 4. The van der Waals surface area contributed by atoms with E-state index >= 15 is 0 Å². The molecule has 13 heteroatoms. The number of halogens is 7. The van der Waals surface area contributed by atoms with Crippen molar-refractivity contribution in [3.63, 3.8) is 0 Å². The maximum Gasteiger partial charge on any atom is 0.435 e. The van der Waals surface area contributed by atoms with Crippen molar-refractivity contribution in [3.05, 3.63) is 52.0 Å². The molecule has 0 saturated carbocycles. The van der Waals surface area contributed by atoms with Crippen LogP contribution >= 0.6 is 11.6 Å². The molecule has 3 heterocycles. The molecular weight excluding hydrogens is 500 g/mol. The fourth-order valence-electron chi connectivity index (χ4n) is 3.77. The second kappa shape index (κ2) is 9.56. The first-order valence-electron chi connectivity index (χ1n) is 10.5. The van der Waals surface area contributed by atoms with E-state index in [1.165, 1.54) is 31.3 Å². The van der Waals surface area contributed by atoms with Gasteiger partial charge < -0.3 is 10.2 Å². The van der Waals surface area contributed by atoms with Crippen molar-refractivity contribution in [1.82, 2.24) is 19.7 Å². The van der Waals surface area contributed by atoms with Crippen LogP contribution in [0.2, 0.25) is 0 Å². The van der Waals surface area contributed by atoms with Crippen molar-refractivity contribution in [2.75, 3.05) is 12.4 Å². The van der Waals surface area contributed by atoms with E-state index in [1.807, 2.05) is 0 Å². The SMILES string of the molecule is CCc1cc(-c2cc(C(F)(F)F)nn2C)ncc1NC(=O)C1=C(Cl)C(C(F)(F)F)=CC(CC)N1C. The number of aromatic nitrogens is 3. The Kier molecular flexibility index (Phi) is 7.26. The zero-order chi connectivity index (χ0) is 26.3. The van der Waals surface area contributed by atoms with Crippen molar-refractivity contribution in [2.45, 2.75) is 45.1 Å². The van der Waals surface area contributed by atoms with Crippen LogP contribution in [0.15, 0.2) is 40.7 Å². The predicted octanol–water partition coefficient (Wildman–Crippen LogP) is 5.66. The van der Waals surface area contributed by atoms with E-state index in [1.54, 1.807) is 13.8 Å². The van der Waals surface area contributed by atoms with E-state index in [4.69, 9.17) is 11.6 Å². The number of pyridine rings is 1. The smallest absolute Gasteiger partial charge is 0.362 e. The molecule has 1 atom stereocenters. The third-order valence-corrected chi connectivity index (χ3v) is 6.03. The molecule has 1 N–H and O–H groups in total. The summed E-state index contributed by atoms with van der Waals surface area (Å²) < 4.78 is 80.6. The number of hydrogen-bond donors (Lipinski definition) is 1. The molecule has 190 valence electrons. The molecule has 0 bridgehead atoms. The van der Waals surface area contributed by atoms with Crippen molar-refractivity contribution in [3.8, 4) is 11.4 Å². The van der Waals surface area contributed by atoms with Crippen LogP contribution in [-0.4, -0.2) is 44.8 Å². The molecule has 0 aliphatic carbocycles. The molecule has 6 nitrogen and oxygen atoms in total. The summed E-state index contributed by atoms with van der Waals surface area (Å²) in [5, 5.41) is 5.29. The van der Waals surface area contributed by atoms with E-state index in [2.05, 4.69) is 15.4 Å². The number of likely N-dealkylation sites (N-methyl/N-ethyl adjacent to an activating group) is 1. The van der Waals surface area contributed by atoms with Gasteiger partial charge in [0.05, 0.1) is 33.9 Å². The molecule has 0 saturated heterocycles. The second-order valence-corrected chi connectivity index (χ2v) is 8.28. The van der Waals surface area contributed by atoms with Gasteiger partial charge in [-0.3, -0.25) is 14.5 Å². The summed E-state index contributed by atoms with van der Waals surface area (Å²) >= 11 is 6.02. The summed E-state index contributed by atoms with van der Waals surface area (Å²) in [6.45, 7) is 3.43. The Morgan fingerprint density at radius 2 is 1.77 bits per heavy atom. The second-order valence-electron chi connectivity index (χ2n) is 7.90. The van der Waals surface area contributed by atoms with E-state index in [0.29, 0.717) is 18.4 Å². The highest BCUT2D eigenvalue weighted by molar-refractivity contribution is 6.35. The Labute approximate surface area is 202 Å². The van der Waals surface area contributed by atoms with Crippen molar-refractivity contribution in [1.29, 1.82) is 0 Å². The van der Waals surface area contributed by atoms with Crippen LogP contribution in [-0.2, 0) is 24.4 Å². The van der Waals surface area contributed by atoms with Gasteiger partial charge >= 0.3 is 12.4 Å². The molecule has 3 rings (SSSR count). The van der Waals surface area contributed by atoms with Gasteiger partial charge in [0.1, 0.15) is 5.70 Å². The Bertz CT molecular complexity index is 1200. The van der Waals surface area contributed by atoms with Gasteiger partial charge in [-0.15, -0.1) is 0 Å². The van der Waals surface area contributed by atoms with Gasteiger partial charge in [0.2, 0.25) is 0 Å². The maximum atomic E-state index is 13.5. The molecule has 2 aromatic heterocycles. The molecule has 0 fully saturated rings. The van der Waals surface area contributed by atoms with Gasteiger partial charge in [-0.25, -0.2) is 0 Å². The summed E-state index contributed by atoms with van der Waals surface area (Å²) in [6, 6.07) is 1.65. The first-order valence-corrected chi connectivity index (χ1v) is 10.9. The summed E-state index contributed by atoms with van der Waals surface area (Å²) in [5.41, 5.74) is -1.52. The quantitative estimate of drug-likeness (QED) is 0.515. The number of carbonyl (C=O) groups excluding carboxylic acids is 1. The Morgan fingerprint density at radius 1 is 1.11 bits per heavy atom. The first-order chi connectivity index (χ1) is 16.2. The summed E-state index contributed by atoms with van der Waals surface area (Å²) in [6.07, 6.45) is -6.50. The Balaban J connectivity index is 1.97. The normalized spacial score (nSPS) is 17.1. The lowest BCUT2D eigenvalue weighted by atomic mass is 10.0. The highest BCUT2D eigenvalue weighted by Crippen LogP contribution is 2.40. The highest BCUT2D eigenvalue weighted by atomic mass is 35.5. The van der Waals surface area contributed by atoms with Gasteiger partial charge in [0.15, 0.2) is 5.69 Å². The summed E-state index contributed by atoms with van der Waals surface area (Å²) in [5.74, 6) is -0.866. The van der Waals surface area contributed by atoms with Crippen molar-refractivity contribution < 1.29 is 31.1 Å². The molecule has 35 heavy (non-hydrogen) atoms. The van der Waals surface area contributed by atoms with E-state index < -0.39 is 40.6 Å². The minimum atomic E-state index is -4.74. The van der Waals surface area contributed by atoms with Crippen LogP contribution in [0.5, 0.6) is 0 Å². The molecule has 2 aromatic rings. The third kappa shape index (κ3) is 5.31. The molecular formula is C22H22ClF6N5O. The van der Waals surface area contributed by atoms with E-state index in [9.17, 15) is 31.1 Å². The zero-order valence-electron chi connectivity index (χ0n) is 19.1. The number of carbonyl (C=O) groups is 1. The number of aryl methyl sites for hydroxylation is 2. The Morgan fingerprint density at radius 3 is 2.29 bits per heavy atom. The van der Waals surface area contributed by atoms with Crippen LogP contribution < -0.4 is 5.32 Å². The fourth-order valence-corrected chi connectivity index (χ4v) is 4.15. The lowest BCUT2D eigenvalue weighted by Gasteiger charge is -2.34. The minimum Gasteiger partial charge on any atom is -0.362 e. The van der Waals surface area contributed by atoms with Gasteiger partial charge in [-0.1, -0.05) is 25.4 Å². The van der Waals surface area contributed by atoms with Gasteiger partial charge in [0, 0.05) is 20.1 Å². The topological polar surface area (TPSA) is 63.1 Å². The predicted molar refractivity (Wildman–Crippen MR) is 118 cm³/mol. The van der Waals surface area contributed by atoms with Gasteiger partial charge in [-0.05, 0) is 36.6 Å². The number of anilines is 1. The molecule has 1 aliphatic rings. The van der Waals surface area contributed by atoms with Crippen LogP contribution in [0.3, 0.4) is 0 Å². The molecule has 0 spiro atoms. The van der Waals surface area contributed by atoms with Gasteiger partial charge in [0.25, 0.3) is 5.91 Å². The summed E-state index contributed by atoms with van der Waals surface area (Å²) in [7, 11) is 2.81. The minimum absolute atomic E-state index is 0.105. The van der Waals surface area contributed by atoms with Crippen LogP contribution in [0.1, 0.15) is 31.5 Å². The number of nitrogens with zero attached hydrogens (tertiary/aromatic N) is 4. The molecule has 0 radical (unpaired) electrons. The van der Waals surface area contributed by atoms with Gasteiger partial charge in [-0.2, -0.15) is 31.4 Å². The molecule has 0 aromatic carbocycles.